The predicted molar refractivity (Wildman–Crippen MR) is 149 cm³/mol. The summed E-state index contributed by atoms with van der Waals surface area (Å²) in [4.78, 5) is 15.2. The molecule has 0 saturated heterocycles. The Labute approximate surface area is 218 Å². The Morgan fingerprint density at radius 2 is 1.63 bits per heavy atom. The van der Waals surface area contributed by atoms with E-state index >= 15 is 0 Å². The van der Waals surface area contributed by atoms with E-state index < -0.39 is 11.6 Å². The summed E-state index contributed by atoms with van der Waals surface area (Å²) in [5.41, 5.74) is 1.94. The maximum atomic E-state index is 12.5. The van der Waals surface area contributed by atoms with Gasteiger partial charge >= 0.3 is 5.97 Å². The van der Waals surface area contributed by atoms with Crippen molar-refractivity contribution in [3.63, 3.8) is 0 Å². The summed E-state index contributed by atoms with van der Waals surface area (Å²) in [5.74, 6) is 6.36. The van der Waals surface area contributed by atoms with E-state index in [9.17, 15) is 4.79 Å². The highest BCUT2D eigenvalue weighted by molar-refractivity contribution is 9.10. The molecule has 0 aliphatic carbocycles. The minimum Gasteiger partial charge on any atom is -0.481 e. The van der Waals surface area contributed by atoms with Crippen LogP contribution in [0, 0.1) is 32.6 Å². The molecule has 1 atom stereocenters. The first-order valence-electron chi connectivity index (χ1n) is 11.4. The number of rotatable bonds is 5. The normalized spacial score (nSPS) is 11.7. The Kier molecular flexibility index (Phi) is 7.35. The molecule has 0 amide bonds. The second-order valence-corrected chi connectivity index (χ2v) is 12.1. The van der Waals surface area contributed by atoms with Crippen LogP contribution >= 0.6 is 26.4 Å². The number of esters is 1. The Bertz CT molecular complexity index is 1430. The molecule has 0 saturated carbocycles. The van der Waals surface area contributed by atoms with Crippen LogP contribution in [0.4, 0.5) is 0 Å². The van der Waals surface area contributed by atoms with Gasteiger partial charge in [-0.15, -0.1) is 0 Å². The third kappa shape index (κ3) is 5.96. The Morgan fingerprint density at radius 1 is 0.971 bits per heavy atom. The standard InChI is InChI=1S/C30H28BrO3S/c1-20-16-26(35-22(3)18-24-8-6-7-9-27(24)35)17-21(2)29(20)33-19-28(32)34-30(4,5)15-14-23-10-12-25(31)13-11-23/h6-13,16-18H,19H2,1-5H3/q+1. The van der Waals surface area contributed by atoms with Crippen LogP contribution in [-0.4, -0.2) is 18.2 Å². The van der Waals surface area contributed by atoms with Gasteiger partial charge in [0.2, 0.25) is 0 Å². The summed E-state index contributed by atoms with van der Waals surface area (Å²) in [7, 11) is -0.0889. The monoisotopic (exact) mass is 547 g/mol. The van der Waals surface area contributed by atoms with E-state index in [4.69, 9.17) is 9.47 Å². The lowest BCUT2D eigenvalue weighted by Gasteiger charge is -2.19. The van der Waals surface area contributed by atoms with Gasteiger partial charge in [-0.3, -0.25) is 0 Å². The summed E-state index contributed by atoms with van der Waals surface area (Å²) in [6.07, 6.45) is 0. The fourth-order valence-electron chi connectivity index (χ4n) is 4.03. The van der Waals surface area contributed by atoms with Gasteiger partial charge in [0.05, 0.1) is 0 Å². The molecule has 1 aromatic heterocycles. The van der Waals surface area contributed by atoms with Crippen molar-refractivity contribution >= 4 is 42.5 Å². The average molecular weight is 549 g/mol. The number of thiophene rings is 1. The molecule has 0 N–H and O–H groups in total. The molecule has 1 heterocycles. The third-order valence-electron chi connectivity index (χ3n) is 5.54. The first kappa shape index (κ1) is 25.0. The van der Waals surface area contributed by atoms with Gasteiger partial charge in [-0.05, 0) is 75.2 Å². The van der Waals surface area contributed by atoms with Gasteiger partial charge in [-0.2, -0.15) is 0 Å². The molecule has 1 unspecified atom stereocenters. The number of carbonyl (C=O) groups excluding carboxylic acids is 1. The maximum Gasteiger partial charge on any atom is 0.345 e. The van der Waals surface area contributed by atoms with Gasteiger partial charge in [0.25, 0.3) is 0 Å². The molecule has 0 radical (unpaired) electrons. The highest BCUT2D eigenvalue weighted by atomic mass is 79.9. The zero-order valence-corrected chi connectivity index (χ0v) is 23.0. The predicted octanol–water partition coefficient (Wildman–Crippen LogP) is 8.02. The molecule has 0 fully saturated rings. The van der Waals surface area contributed by atoms with E-state index in [2.05, 4.69) is 77.2 Å². The first-order chi connectivity index (χ1) is 16.6. The van der Waals surface area contributed by atoms with Crippen LogP contribution in [0.15, 0.2) is 71.2 Å². The molecule has 3 nitrogen and oxygen atoms in total. The zero-order chi connectivity index (χ0) is 25.2. The molecule has 0 spiro atoms. The average Bonchev–Trinajstić information content (AvgIpc) is 3.13. The summed E-state index contributed by atoms with van der Waals surface area (Å²) < 4.78 is 13.9. The van der Waals surface area contributed by atoms with E-state index in [1.807, 2.05) is 38.1 Å². The molecule has 0 aliphatic heterocycles. The maximum absolute atomic E-state index is 12.5. The number of aryl methyl sites for hydroxylation is 3. The summed E-state index contributed by atoms with van der Waals surface area (Å²) in [5, 5.41) is 1.29. The van der Waals surface area contributed by atoms with Crippen LogP contribution < -0.4 is 4.74 Å². The second-order valence-electron chi connectivity index (χ2n) is 9.02. The van der Waals surface area contributed by atoms with Crippen LogP contribution in [0.1, 0.15) is 35.4 Å². The summed E-state index contributed by atoms with van der Waals surface area (Å²) in [6, 6.07) is 22.8. The van der Waals surface area contributed by atoms with Crippen molar-refractivity contribution in [3.05, 3.63) is 92.8 Å². The second kappa shape index (κ2) is 10.3. The molecular weight excluding hydrogens is 520 g/mol. The highest BCUT2D eigenvalue weighted by Crippen LogP contribution is 2.45. The fraction of sp³-hybridized carbons (Fsp3) is 0.233. The van der Waals surface area contributed by atoms with E-state index in [1.165, 1.54) is 19.9 Å². The number of fused-ring (bicyclic) bond motifs is 1. The number of halogens is 1. The number of hydrogen-bond acceptors (Lipinski definition) is 3. The Hall–Kier alpha value is -3.07. The molecule has 35 heavy (non-hydrogen) atoms. The van der Waals surface area contributed by atoms with Crippen molar-refractivity contribution in [2.45, 2.75) is 40.2 Å². The third-order valence-corrected chi connectivity index (χ3v) is 8.35. The Morgan fingerprint density at radius 3 is 2.31 bits per heavy atom. The Balaban J connectivity index is 1.46. The van der Waals surface area contributed by atoms with Gasteiger partial charge in [-0.25, -0.2) is 4.79 Å². The van der Waals surface area contributed by atoms with Crippen molar-refractivity contribution in [1.82, 2.24) is 0 Å². The SMILES string of the molecule is Cc1cc(-[s+]2c(C)cc3ccccc32)cc(C)c1OCC(=O)OC(C)(C)C#Cc1ccc(Br)cc1. The largest absolute Gasteiger partial charge is 0.481 e. The zero-order valence-electron chi connectivity index (χ0n) is 20.6. The van der Waals surface area contributed by atoms with Crippen LogP contribution in [0.25, 0.3) is 15.0 Å². The number of benzene rings is 3. The lowest BCUT2D eigenvalue weighted by molar-refractivity contribution is -0.154. The van der Waals surface area contributed by atoms with Crippen LogP contribution in [-0.2, 0) is 9.53 Å². The van der Waals surface area contributed by atoms with Gasteiger partial charge in [0.15, 0.2) is 26.7 Å². The molecule has 5 heteroatoms. The van der Waals surface area contributed by atoms with Crippen molar-refractivity contribution in [2.24, 2.45) is 0 Å². The molecule has 0 aliphatic rings. The molecular formula is C30H28BrO3S+. The van der Waals surface area contributed by atoms with Crippen molar-refractivity contribution in [3.8, 4) is 22.5 Å². The molecule has 4 rings (SSSR count). The number of carbonyl (C=O) groups is 1. The topological polar surface area (TPSA) is 35.5 Å². The summed E-state index contributed by atoms with van der Waals surface area (Å²) >= 11 is 3.41. The lowest BCUT2D eigenvalue weighted by Crippen LogP contribution is -2.29. The van der Waals surface area contributed by atoms with Crippen LogP contribution in [0.2, 0.25) is 0 Å². The highest BCUT2D eigenvalue weighted by Gasteiger charge is 2.24. The van der Waals surface area contributed by atoms with Gasteiger partial charge < -0.3 is 9.47 Å². The van der Waals surface area contributed by atoms with Crippen LogP contribution in [0.5, 0.6) is 5.75 Å². The molecule has 178 valence electrons. The van der Waals surface area contributed by atoms with Crippen molar-refractivity contribution in [2.75, 3.05) is 6.61 Å². The molecule has 4 aromatic rings. The minimum atomic E-state index is -0.928. The fourth-order valence-corrected chi connectivity index (χ4v) is 6.68. The van der Waals surface area contributed by atoms with Crippen molar-refractivity contribution < 1.29 is 14.3 Å². The number of ether oxygens (including phenoxy) is 2. The van der Waals surface area contributed by atoms with E-state index in [0.717, 1.165) is 26.9 Å². The van der Waals surface area contributed by atoms with Crippen molar-refractivity contribution in [1.29, 1.82) is 0 Å². The quantitative estimate of drug-likeness (QED) is 0.144. The lowest BCUT2D eigenvalue weighted by atomic mass is 10.1. The van der Waals surface area contributed by atoms with E-state index in [1.54, 1.807) is 13.8 Å². The number of hydrogen-bond donors (Lipinski definition) is 0. The van der Waals surface area contributed by atoms with E-state index in [-0.39, 0.29) is 17.1 Å². The summed E-state index contributed by atoms with van der Waals surface area (Å²) in [6.45, 7) is 9.62. The molecule has 3 aromatic carbocycles. The van der Waals surface area contributed by atoms with E-state index in [0.29, 0.717) is 0 Å². The minimum absolute atomic E-state index is 0.0889. The van der Waals surface area contributed by atoms with Gasteiger partial charge in [-0.1, -0.05) is 39.9 Å². The van der Waals surface area contributed by atoms with Gasteiger partial charge in [0.1, 0.15) is 5.75 Å². The molecule has 0 bridgehead atoms. The van der Waals surface area contributed by atoms with Gasteiger partial charge in [0, 0.05) is 51.0 Å². The van der Waals surface area contributed by atoms with Crippen LogP contribution in [0.3, 0.4) is 0 Å². The first-order valence-corrected chi connectivity index (χ1v) is 13.4. The smallest absolute Gasteiger partial charge is 0.345 e.